The van der Waals surface area contributed by atoms with Gasteiger partial charge in [0.2, 0.25) is 5.91 Å². The summed E-state index contributed by atoms with van der Waals surface area (Å²) in [7, 11) is 0. The molecule has 0 aromatic heterocycles. The number of ether oxygens (including phenoxy) is 1. The van der Waals surface area contributed by atoms with Crippen LogP contribution in [-0.2, 0) is 20.7 Å². The van der Waals surface area contributed by atoms with Crippen LogP contribution in [0.5, 0.6) is 0 Å². The third-order valence-corrected chi connectivity index (χ3v) is 4.77. The van der Waals surface area contributed by atoms with E-state index < -0.39 is 41.1 Å². The number of rotatable bonds is 7. The molecule has 0 spiro atoms. The normalized spacial score (nSPS) is 13.1. The summed E-state index contributed by atoms with van der Waals surface area (Å²) in [6, 6.07) is 18.3. The van der Waals surface area contributed by atoms with Crippen LogP contribution in [0.25, 0.3) is 0 Å². The van der Waals surface area contributed by atoms with E-state index in [1.165, 1.54) is 0 Å². The van der Waals surface area contributed by atoms with Crippen LogP contribution in [0.1, 0.15) is 58.7 Å². The Morgan fingerprint density at radius 1 is 0.943 bits per heavy atom. The standard InChI is InChI=1S/C28H35N3O4/c1-8-31(23(21-17-13-10-14-18-21)24(32)30-27(2,3)4)25(33)22(19-20-15-11-9-12-16-20)29-26(34)35-28(5,6)7/h1,9-18,22-23H,19H2,2-7H3,(H,29,34)(H,30,32). The van der Waals surface area contributed by atoms with Gasteiger partial charge in [-0.3, -0.25) is 14.5 Å². The van der Waals surface area contributed by atoms with Gasteiger partial charge in [-0.25, -0.2) is 4.79 Å². The predicted octanol–water partition coefficient (Wildman–Crippen LogP) is 4.20. The van der Waals surface area contributed by atoms with E-state index in [0.29, 0.717) is 5.56 Å². The maximum atomic E-state index is 13.8. The van der Waals surface area contributed by atoms with Gasteiger partial charge in [0.05, 0.1) is 0 Å². The lowest BCUT2D eigenvalue weighted by Crippen LogP contribution is -2.53. The molecule has 0 saturated heterocycles. The van der Waals surface area contributed by atoms with Crippen molar-refractivity contribution in [2.45, 2.75) is 71.2 Å². The molecule has 2 aromatic rings. The van der Waals surface area contributed by atoms with Gasteiger partial charge < -0.3 is 15.4 Å². The third kappa shape index (κ3) is 8.82. The molecule has 186 valence electrons. The molecule has 0 radical (unpaired) electrons. The highest BCUT2D eigenvalue weighted by molar-refractivity contribution is 5.93. The number of amides is 3. The first-order valence-corrected chi connectivity index (χ1v) is 11.5. The highest BCUT2D eigenvalue weighted by Crippen LogP contribution is 2.23. The Labute approximate surface area is 208 Å². The van der Waals surface area contributed by atoms with Crippen molar-refractivity contribution in [3.63, 3.8) is 0 Å². The largest absolute Gasteiger partial charge is 0.444 e. The number of nitrogens with zero attached hydrogens (tertiary/aromatic N) is 1. The zero-order valence-electron chi connectivity index (χ0n) is 21.3. The predicted molar refractivity (Wildman–Crippen MR) is 136 cm³/mol. The summed E-state index contributed by atoms with van der Waals surface area (Å²) < 4.78 is 5.38. The smallest absolute Gasteiger partial charge is 0.408 e. The van der Waals surface area contributed by atoms with Crippen molar-refractivity contribution < 1.29 is 19.1 Å². The molecular weight excluding hydrogens is 442 g/mol. The molecular formula is C28H35N3O4. The number of benzene rings is 2. The summed E-state index contributed by atoms with van der Waals surface area (Å²) in [6.45, 7) is 10.7. The van der Waals surface area contributed by atoms with Crippen molar-refractivity contribution in [3.8, 4) is 12.5 Å². The monoisotopic (exact) mass is 477 g/mol. The highest BCUT2D eigenvalue weighted by Gasteiger charge is 2.37. The van der Waals surface area contributed by atoms with E-state index >= 15 is 0 Å². The number of nitrogens with one attached hydrogen (secondary N) is 2. The van der Waals surface area contributed by atoms with Gasteiger partial charge in [-0.05, 0) is 52.7 Å². The Bertz CT molecular complexity index is 1050. The topological polar surface area (TPSA) is 87.7 Å². The van der Waals surface area contributed by atoms with Crippen LogP contribution in [0.4, 0.5) is 4.79 Å². The Hall–Kier alpha value is -3.79. The lowest BCUT2D eigenvalue weighted by molar-refractivity contribution is -0.139. The molecule has 0 aliphatic rings. The van der Waals surface area contributed by atoms with Crippen molar-refractivity contribution >= 4 is 17.9 Å². The Kier molecular flexibility index (Phi) is 9.07. The van der Waals surface area contributed by atoms with E-state index in [-0.39, 0.29) is 6.42 Å². The maximum Gasteiger partial charge on any atom is 0.408 e. The molecule has 35 heavy (non-hydrogen) atoms. The fourth-order valence-electron chi connectivity index (χ4n) is 3.42. The van der Waals surface area contributed by atoms with Gasteiger partial charge in [-0.15, -0.1) is 0 Å². The van der Waals surface area contributed by atoms with Crippen molar-refractivity contribution in [1.29, 1.82) is 0 Å². The van der Waals surface area contributed by atoms with E-state index in [4.69, 9.17) is 11.2 Å². The Morgan fingerprint density at radius 3 is 1.97 bits per heavy atom. The molecule has 2 atom stereocenters. The van der Waals surface area contributed by atoms with Crippen LogP contribution in [0, 0.1) is 12.5 Å². The maximum absolute atomic E-state index is 13.8. The number of carbonyl (C=O) groups excluding carboxylic acids is 3. The average Bonchev–Trinajstić information content (AvgIpc) is 2.75. The molecule has 2 aromatic carbocycles. The van der Waals surface area contributed by atoms with Gasteiger partial charge in [0, 0.05) is 18.0 Å². The number of hydrogen-bond acceptors (Lipinski definition) is 4. The third-order valence-electron chi connectivity index (χ3n) is 4.77. The fourth-order valence-corrected chi connectivity index (χ4v) is 3.42. The van der Waals surface area contributed by atoms with Gasteiger partial charge in [0.25, 0.3) is 5.91 Å². The molecule has 2 N–H and O–H groups in total. The summed E-state index contributed by atoms with van der Waals surface area (Å²) in [5, 5.41) is 5.56. The molecule has 7 heteroatoms. The van der Waals surface area contributed by atoms with E-state index in [1.54, 1.807) is 45.0 Å². The van der Waals surface area contributed by atoms with Crippen LogP contribution >= 0.6 is 0 Å². The minimum atomic E-state index is -1.09. The molecule has 2 rings (SSSR count). The fraction of sp³-hybridized carbons (Fsp3) is 0.393. The van der Waals surface area contributed by atoms with Gasteiger partial charge >= 0.3 is 6.09 Å². The first kappa shape index (κ1) is 27.5. The quantitative estimate of drug-likeness (QED) is 0.462. The zero-order valence-corrected chi connectivity index (χ0v) is 21.3. The Morgan fingerprint density at radius 2 is 1.49 bits per heavy atom. The summed E-state index contributed by atoms with van der Waals surface area (Å²) in [5.74, 6) is -1.02. The molecule has 3 amide bonds. The van der Waals surface area contributed by atoms with E-state index in [0.717, 1.165) is 10.5 Å². The number of hydrogen-bond donors (Lipinski definition) is 2. The lowest BCUT2D eigenvalue weighted by Gasteiger charge is -2.32. The second kappa shape index (κ2) is 11.6. The average molecular weight is 478 g/mol. The molecule has 2 unspecified atom stereocenters. The van der Waals surface area contributed by atoms with Crippen molar-refractivity contribution in [1.82, 2.24) is 15.5 Å². The highest BCUT2D eigenvalue weighted by atomic mass is 16.6. The van der Waals surface area contributed by atoms with Crippen LogP contribution in [0.15, 0.2) is 60.7 Å². The molecule has 0 bridgehead atoms. The number of carbonyl (C=O) groups is 3. The van der Waals surface area contributed by atoms with Gasteiger partial charge in [0.1, 0.15) is 17.7 Å². The van der Waals surface area contributed by atoms with Crippen LogP contribution in [0.2, 0.25) is 0 Å². The molecule has 0 heterocycles. The minimum absolute atomic E-state index is 0.166. The van der Waals surface area contributed by atoms with Gasteiger partial charge in [-0.2, -0.15) is 0 Å². The summed E-state index contributed by atoms with van der Waals surface area (Å²) in [4.78, 5) is 40.8. The van der Waals surface area contributed by atoms with Crippen molar-refractivity contribution in [2.24, 2.45) is 0 Å². The van der Waals surface area contributed by atoms with Gasteiger partial charge in [0.15, 0.2) is 0 Å². The molecule has 0 fully saturated rings. The minimum Gasteiger partial charge on any atom is -0.444 e. The molecule has 0 aliphatic carbocycles. The Balaban J connectivity index is 2.45. The van der Waals surface area contributed by atoms with Crippen LogP contribution < -0.4 is 10.6 Å². The van der Waals surface area contributed by atoms with E-state index in [1.807, 2.05) is 57.2 Å². The molecule has 0 aliphatic heterocycles. The summed E-state index contributed by atoms with van der Waals surface area (Å²) in [5.41, 5.74) is 0.0617. The van der Waals surface area contributed by atoms with E-state index in [2.05, 4.69) is 16.7 Å². The van der Waals surface area contributed by atoms with Crippen molar-refractivity contribution in [3.05, 3.63) is 71.8 Å². The molecule has 7 nitrogen and oxygen atoms in total. The van der Waals surface area contributed by atoms with Crippen molar-refractivity contribution in [2.75, 3.05) is 0 Å². The first-order valence-electron chi connectivity index (χ1n) is 11.5. The van der Waals surface area contributed by atoms with Gasteiger partial charge in [-0.1, -0.05) is 67.1 Å². The van der Waals surface area contributed by atoms with Crippen LogP contribution in [0.3, 0.4) is 0 Å². The number of terminal acetylenes is 1. The lowest BCUT2D eigenvalue weighted by atomic mass is 9.99. The second-order valence-electron chi connectivity index (χ2n) is 10.3. The SMILES string of the molecule is C#CN(C(=O)C(Cc1ccccc1)NC(=O)OC(C)(C)C)C(C(=O)NC(C)(C)C)c1ccccc1. The first-order chi connectivity index (χ1) is 16.3. The zero-order chi connectivity index (χ0) is 26.2. The number of alkyl carbamates (subject to hydrolysis) is 1. The van der Waals surface area contributed by atoms with E-state index in [9.17, 15) is 14.4 Å². The summed E-state index contributed by atoms with van der Waals surface area (Å²) >= 11 is 0. The molecule has 0 saturated carbocycles. The second-order valence-corrected chi connectivity index (χ2v) is 10.3. The summed E-state index contributed by atoms with van der Waals surface area (Å²) in [6.07, 6.45) is 5.22. The van der Waals surface area contributed by atoms with Crippen LogP contribution in [-0.4, -0.2) is 40.0 Å².